The maximum absolute atomic E-state index is 12.7. The van der Waals surface area contributed by atoms with Gasteiger partial charge in [-0.1, -0.05) is 46.5 Å². The minimum atomic E-state index is -0.291. The molecule has 0 aliphatic heterocycles. The third-order valence-corrected chi connectivity index (χ3v) is 7.65. The molecule has 156 valence electrons. The third kappa shape index (κ3) is 4.97. The number of thiophene rings is 1. The Morgan fingerprint density at radius 3 is 2.54 bits per heavy atom. The number of anilines is 1. The Morgan fingerprint density at radius 2 is 1.89 bits per heavy atom. The molecule has 1 N–H and O–H groups in total. The number of nitrogens with one attached hydrogen (secondary N) is 1. The summed E-state index contributed by atoms with van der Waals surface area (Å²) in [6.07, 6.45) is 9.55. The van der Waals surface area contributed by atoms with Crippen LogP contribution in [0.5, 0.6) is 0 Å². The van der Waals surface area contributed by atoms with E-state index < -0.39 is 0 Å². The van der Waals surface area contributed by atoms with Crippen molar-refractivity contribution in [3.05, 3.63) is 16.0 Å². The molecule has 1 amide bonds. The van der Waals surface area contributed by atoms with Crippen molar-refractivity contribution in [1.29, 1.82) is 0 Å². The Kier molecular flexibility index (Phi) is 6.85. The van der Waals surface area contributed by atoms with Crippen molar-refractivity contribution in [1.82, 2.24) is 0 Å². The molecule has 0 radical (unpaired) electrons. The molecule has 2 aliphatic carbocycles. The minimum Gasteiger partial charge on any atom is -0.462 e. The number of hydrogen-bond acceptors (Lipinski definition) is 4. The van der Waals surface area contributed by atoms with E-state index in [1.807, 2.05) is 6.92 Å². The van der Waals surface area contributed by atoms with Gasteiger partial charge in [-0.05, 0) is 55.4 Å². The van der Waals surface area contributed by atoms with E-state index in [4.69, 9.17) is 4.74 Å². The summed E-state index contributed by atoms with van der Waals surface area (Å²) >= 11 is 1.59. The van der Waals surface area contributed by atoms with Crippen LogP contribution in [0.4, 0.5) is 5.00 Å². The number of rotatable bonds is 6. The maximum atomic E-state index is 12.7. The number of esters is 1. The van der Waals surface area contributed by atoms with Gasteiger partial charge in [-0.15, -0.1) is 11.3 Å². The first-order valence-corrected chi connectivity index (χ1v) is 11.7. The first-order chi connectivity index (χ1) is 13.3. The molecule has 0 spiro atoms. The number of amides is 1. The van der Waals surface area contributed by atoms with Crippen molar-refractivity contribution in [2.45, 2.75) is 85.5 Å². The highest BCUT2D eigenvalue weighted by Gasteiger charge is 2.34. The van der Waals surface area contributed by atoms with E-state index in [0.717, 1.165) is 31.2 Å². The van der Waals surface area contributed by atoms with Crippen molar-refractivity contribution in [2.24, 2.45) is 17.3 Å². The molecule has 0 aromatic carbocycles. The van der Waals surface area contributed by atoms with E-state index >= 15 is 0 Å². The van der Waals surface area contributed by atoms with Crippen LogP contribution in [-0.2, 0) is 22.4 Å². The molecule has 1 saturated carbocycles. The monoisotopic (exact) mass is 405 g/mol. The molecule has 2 aliphatic rings. The summed E-state index contributed by atoms with van der Waals surface area (Å²) in [5.74, 6) is 1.03. The van der Waals surface area contributed by atoms with E-state index in [-0.39, 0.29) is 17.3 Å². The molecule has 0 bridgehead atoms. The molecule has 0 saturated heterocycles. The summed E-state index contributed by atoms with van der Waals surface area (Å²) < 4.78 is 5.33. The Morgan fingerprint density at radius 1 is 1.18 bits per heavy atom. The first kappa shape index (κ1) is 21.4. The van der Waals surface area contributed by atoms with Gasteiger partial charge >= 0.3 is 5.97 Å². The van der Waals surface area contributed by atoms with Crippen LogP contribution in [0.15, 0.2) is 0 Å². The Labute approximate surface area is 173 Å². The van der Waals surface area contributed by atoms with Crippen molar-refractivity contribution in [3.8, 4) is 0 Å². The highest BCUT2D eigenvalue weighted by Crippen LogP contribution is 2.44. The lowest BCUT2D eigenvalue weighted by atomic mass is 9.72. The van der Waals surface area contributed by atoms with Gasteiger partial charge in [-0.2, -0.15) is 0 Å². The maximum Gasteiger partial charge on any atom is 0.341 e. The molecule has 1 aromatic heterocycles. The third-order valence-electron chi connectivity index (χ3n) is 6.48. The normalized spacial score (nSPS) is 20.1. The number of carbonyl (C=O) groups excluding carboxylic acids is 2. The standard InChI is InChI=1S/C23H35NO3S/c1-5-27-22(26)20-17-12-11-16(23(2,3)4)14-18(17)28-21(20)24-19(25)13-10-15-8-6-7-9-15/h15-16H,5-14H2,1-4H3,(H,24,25). The summed E-state index contributed by atoms with van der Waals surface area (Å²) in [7, 11) is 0. The van der Waals surface area contributed by atoms with Crippen LogP contribution < -0.4 is 5.32 Å². The van der Waals surface area contributed by atoms with E-state index in [2.05, 4.69) is 26.1 Å². The van der Waals surface area contributed by atoms with Gasteiger partial charge in [0.25, 0.3) is 0 Å². The molecule has 1 fully saturated rings. The molecule has 1 aromatic rings. The first-order valence-electron chi connectivity index (χ1n) is 10.9. The second kappa shape index (κ2) is 8.98. The zero-order chi connectivity index (χ0) is 20.3. The van der Waals surface area contributed by atoms with Gasteiger partial charge in [0.05, 0.1) is 12.2 Å². The van der Waals surface area contributed by atoms with Crippen molar-refractivity contribution < 1.29 is 14.3 Å². The van der Waals surface area contributed by atoms with Gasteiger partial charge in [-0.25, -0.2) is 4.79 Å². The zero-order valence-corrected chi connectivity index (χ0v) is 18.7. The fourth-order valence-electron chi connectivity index (χ4n) is 4.66. The summed E-state index contributed by atoms with van der Waals surface area (Å²) in [6.45, 7) is 9.03. The van der Waals surface area contributed by atoms with Crippen LogP contribution in [0.2, 0.25) is 0 Å². The van der Waals surface area contributed by atoms with Crippen molar-refractivity contribution in [3.63, 3.8) is 0 Å². The average molecular weight is 406 g/mol. The van der Waals surface area contributed by atoms with Crippen molar-refractivity contribution in [2.75, 3.05) is 11.9 Å². The zero-order valence-electron chi connectivity index (χ0n) is 17.9. The van der Waals surface area contributed by atoms with E-state index in [0.29, 0.717) is 35.4 Å². The molecular weight excluding hydrogens is 370 g/mol. The average Bonchev–Trinajstić information content (AvgIpc) is 3.26. The van der Waals surface area contributed by atoms with Crippen LogP contribution >= 0.6 is 11.3 Å². The van der Waals surface area contributed by atoms with Gasteiger partial charge in [-0.3, -0.25) is 4.79 Å². The minimum absolute atomic E-state index is 0.0309. The van der Waals surface area contributed by atoms with Gasteiger partial charge in [0.1, 0.15) is 5.00 Å². The number of carbonyl (C=O) groups is 2. The lowest BCUT2D eigenvalue weighted by Gasteiger charge is -2.33. The van der Waals surface area contributed by atoms with Gasteiger partial charge in [0.2, 0.25) is 5.91 Å². The van der Waals surface area contributed by atoms with Gasteiger partial charge < -0.3 is 10.1 Å². The van der Waals surface area contributed by atoms with Crippen molar-refractivity contribution >= 4 is 28.2 Å². The van der Waals surface area contributed by atoms with Crippen LogP contribution in [0.3, 0.4) is 0 Å². The highest BCUT2D eigenvalue weighted by molar-refractivity contribution is 7.17. The van der Waals surface area contributed by atoms with E-state index in [1.165, 1.54) is 30.6 Å². The van der Waals surface area contributed by atoms with Crippen LogP contribution in [0, 0.1) is 17.3 Å². The predicted molar refractivity (Wildman–Crippen MR) is 115 cm³/mol. The highest BCUT2D eigenvalue weighted by atomic mass is 32.1. The van der Waals surface area contributed by atoms with E-state index in [9.17, 15) is 9.59 Å². The molecule has 4 nitrogen and oxygen atoms in total. The smallest absolute Gasteiger partial charge is 0.341 e. The summed E-state index contributed by atoms with van der Waals surface area (Å²) in [5.41, 5.74) is 1.97. The second-order valence-electron chi connectivity index (χ2n) is 9.47. The fraction of sp³-hybridized carbons (Fsp3) is 0.739. The lowest BCUT2D eigenvalue weighted by Crippen LogP contribution is -2.26. The van der Waals surface area contributed by atoms with E-state index in [1.54, 1.807) is 11.3 Å². The summed E-state index contributed by atoms with van der Waals surface area (Å²) in [6, 6.07) is 0. The summed E-state index contributed by atoms with van der Waals surface area (Å²) in [4.78, 5) is 26.5. The number of ether oxygens (including phenoxy) is 1. The molecule has 1 unspecified atom stereocenters. The molecule has 5 heteroatoms. The molecule has 28 heavy (non-hydrogen) atoms. The quantitative estimate of drug-likeness (QED) is 0.592. The topological polar surface area (TPSA) is 55.4 Å². The van der Waals surface area contributed by atoms with Gasteiger partial charge in [0, 0.05) is 11.3 Å². The van der Waals surface area contributed by atoms with Crippen LogP contribution in [-0.4, -0.2) is 18.5 Å². The van der Waals surface area contributed by atoms with Crippen LogP contribution in [0.1, 0.15) is 93.4 Å². The Balaban J connectivity index is 1.76. The summed E-state index contributed by atoms with van der Waals surface area (Å²) in [5, 5.41) is 3.77. The Hall–Kier alpha value is -1.36. The SMILES string of the molecule is CCOC(=O)c1c(NC(=O)CCC2CCCC2)sc2c1CCC(C(C)(C)C)C2. The van der Waals surface area contributed by atoms with Crippen LogP contribution in [0.25, 0.3) is 0 Å². The lowest BCUT2D eigenvalue weighted by molar-refractivity contribution is -0.116. The molecule has 3 rings (SSSR count). The molecule has 1 heterocycles. The largest absolute Gasteiger partial charge is 0.462 e. The fourth-order valence-corrected chi connectivity index (χ4v) is 5.99. The number of hydrogen-bond donors (Lipinski definition) is 1. The second-order valence-corrected chi connectivity index (χ2v) is 10.6. The molecule has 1 atom stereocenters. The van der Waals surface area contributed by atoms with Gasteiger partial charge in [0.15, 0.2) is 0 Å². The Bertz CT molecular complexity index is 710. The predicted octanol–water partition coefficient (Wildman–Crippen LogP) is 5.98. The molecular formula is C23H35NO3S. The number of fused-ring (bicyclic) bond motifs is 1.